The van der Waals surface area contributed by atoms with Crippen LogP contribution in [0.25, 0.3) is 5.57 Å². The fourth-order valence-corrected chi connectivity index (χ4v) is 2.23. The predicted molar refractivity (Wildman–Crippen MR) is 62.3 cm³/mol. The van der Waals surface area contributed by atoms with Crippen LogP contribution in [0.15, 0.2) is 30.8 Å². The van der Waals surface area contributed by atoms with Crippen LogP contribution in [0, 0.1) is 0 Å². The Balaban J connectivity index is 2.30. The van der Waals surface area contributed by atoms with Crippen LogP contribution in [0.4, 0.5) is 0 Å². The number of hydrogen-bond donors (Lipinski definition) is 0. The van der Waals surface area contributed by atoms with E-state index in [1.54, 1.807) is 0 Å². The fraction of sp³-hybridized carbons (Fsp3) is 0.429. The first kappa shape index (κ1) is 9.51. The van der Waals surface area contributed by atoms with Crippen LogP contribution in [0.5, 0.6) is 0 Å². The van der Waals surface area contributed by atoms with Crippen molar-refractivity contribution < 1.29 is 0 Å². The van der Waals surface area contributed by atoms with Gasteiger partial charge >= 0.3 is 0 Å². The summed E-state index contributed by atoms with van der Waals surface area (Å²) in [5.41, 5.74) is 4.25. The van der Waals surface area contributed by atoms with E-state index in [2.05, 4.69) is 30.8 Å². The van der Waals surface area contributed by atoms with E-state index in [4.69, 9.17) is 0 Å². The van der Waals surface area contributed by atoms with Crippen LogP contribution in [0.3, 0.4) is 0 Å². The monoisotopic (exact) mass is 186 g/mol. The Morgan fingerprint density at radius 1 is 0.857 bits per heavy atom. The molecule has 0 N–H and O–H groups in total. The van der Waals surface area contributed by atoms with Gasteiger partial charge in [0, 0.05) is 0 Å². The first-order valence-electron chi connectivity index (χ1n) is 5.64. The number of aryl methyl sites for hydroxylation is 1. The molecule has 14 heavy (non-hydrogen) atoms. The summed E-state index contributed by atoms with van der Waals surface area (Å²) in [5.74, 6) is 0. The maximum absolute atomic E-state index is 4.20. The highest BCUT2D eigenvalue weighted by molar-refractivity contribution is 5.66. The van der Waals surface area contributed by atoms with Crippen molar-refractivity contribution in [2.45, 2.75) is 38.5 Å². The highest BCUT2D eigenvalue weighted by Crippen LogP contribution is 2.26. The second-order valence-electron chi connectivity index (χ2n) is 4.17. The van der Waals surface area contributed by atoms with Crippen LogP contribution < -0.4 is 0 Å². The minimum absolute atomic E-state index is 1.18. The quantitative estimate of drug-likeness (QED) is 0.569. The van der Waals surface area contributed by atoms with Gasteiger partial charge < -0.3 is 0 Å². The van der Waals surface area contributed by atoms with E-state index in [0.717, 1.165) is 0 Å². The highest BCUT2D eigenvalue weighted by Gasteiger charge is 2.07. The molecule has 0 heterocycles. The molecule has 1 aromatic rings. The second kappa shape index (κ2) is 4.45. The molecule has 0 heteroatoms. The smallest absolute Gasteiger partial charge is 0.0198 e. The molecule has 74 valence electrons. The van der Waals surface area contributed by atoms with Crippen LogP contribution >= 0.6 is 0 Å². The van der Waals surface area contributed by atoms with Crippen molar-refractivity contribution >= 4 is 5.57 Å². The molecule has 0 amide bonds. The summed E-state index contributed by atoms with van der Waals surface area (Å²) >= 11 is 0. The maximum Gasteiger partial charge on any atom is -0.0198 e. The number of benzene rings is 1. The molecule has 0 saturated carbocycles. The summed E-state index contributed by atoms with van der Waals surface area (Å²) in [6.45, 7) is 4.20. The average Bonchev–Trinajstić information content (AvgIpc) is 2.30. The molecule has 0 saturated heterocycles. The Labute approximate surface area is 86.7 Å². The summed E-state index contributed by atoms with van der Waals surface area (Å²) in [6, 6.07) is 8.75. The van der Waals surface area contributed by atoms with Gasteiger partial charge in [0.2, 0.25) is 0 Å². The molecule has 0 spiro atoms. The van der Waals surface area contributed by atoms with Crippen molar-refractivity contribution in [3.63, 3.8) is 0 Å². The Bertz CT molecular complexity index is 323. The summed E-state index contributed by atoms with van der Waals surface area (Å²) in [4.78, 5) is 0. The van der Waals surface area contributed by atoms with Crippen molar-refractivity contribution in [2.24, 2.45) is 0 Å². The van der Waals surface area contributed by atoms with Gasteiger partial charge in [0.05, 0.1) is 0 Å². The van der Waals surface area contributed by atoms with Gasteiger partial charge in [-0.25, -0.2) is 0 Å². The number of hydrogen-bond acceptors (Lipinski definition) is 0. The van der Waals surface area contributed by atoms with Crippen molar-refractivity contribution in [3.05, 3.63) is 42.0 Å². The summed E-state index contributed by atoms with van der Waals surface area (Å²) in [6.07, 6.45) is 7.80. The third-order valence-corrected chi connectivity index (χ3v) is 3.07. The first-order chi connectivity index (χ1) is 6.88. The van der Waals surface area contributed by atoms with Crippen molar-refractivity contribution in [1.82, 2.24) is 0 Å². The van der Waals surface area contributed by atoms with E-state index in [-0.39, 0.29) is 0 Å². The average molecular weight is 186 g/mol. The molecule has 0 bridgehead atoms. The molecule has 0 aromatic heterocycles. The normalized spacial score (nSPS) is 17.9. The lowest BCUT2D eigenvalue weighted by Gasteiger charge is -2.09. The molecule has 1 aliphatic rings. The van der Waals surface area contributed by atoms with E-state index in [1.807, 2.05) is 0 Å². The van der Waals surface area contributed by atoms with Crippen LogP contribution in [-0.4, -0.2) is 0 Å². The van der Waals surface area contributed by atoms with Gasteiger partial charge in [-0.3, -0.25) is 0 Å². The molecule has 0 unspecified atom stereocenters. The largest absolute Gasteiger partial charge is 0.0952 e. The Kier molecular flexibility index (Phi) is 3.03. The Morgan fingerprint density at radius 3 is 2.43 bits per heavy atom. The molecule has 0 atom stereocenters. The molecule has 1 aliphatic carbocycles. The zero-order valence-corrected chi connectivity index (χ0v) is 8.76. The minimum atomic E-state index is 1.18. The molecular weight excluding hydrogens is 168 g/mol. The third kappa shape index (κ3) is 2.06. The molecule has 1 aromatic carbocycles. The minimum Gasteiger partial charge on any atom is -0.0952 e. The van der Waals surface area contributed by atoms with Crippen LogP contribution in [0.2, 0.25) is 0 Å². The van der Waals surface area contributed by atoms with Gasteiger partial charge in [0.25, 0.3) is 0 Å². The molecule has 0 radical (unpaired) electrons. The van der Waals surface area contributed by atoms with Crippen molar-refractivity contribution in [2.75, 3.05) is 0 Å². The zero-order valence-electron chi connectivity index (χ0n) is 8.76. The SMILES string of the molecule is C=C1CCCCCCc2ccccc21. The standard InChI is InChI=1S/C14H18/c1-12-8-4-2-3-5-9-13-10-6-7-11-14(12)13/h6-7,10-11H,1-5,8-9H2. The second-order valence-corrected chi connectivity index (χ2v) is 4.17. The van der Waals surface area contributed by atoms with E-state index in [0.29, 0.717) is 0 Å². The van der Waals surface area contributed by atoms with Gasteiger partial charge in [0.15, 0.2) is 0 Å². The first-order valence-corrected chi connectivity index (χ1v) is 5.64. The van der Waals surface area contributed by atoms with Gasteiger partial charge in [-0.05, 0) is 42.4 Å². The molecular formula is C14H18. The van der Waals surface area contributed by atoms with Gasteiger partial charge in [-0.1, -0.05) is 43.7 Å². The van der Waals surface area contributed by atoms with Crippen LogP contribution in [0.1, 0.15) is 43.2 Å². The molecule has 0 fully saturated rings. The lowest BCUT2D eigenvalue weighted by molar-refractivity contribution is 0.656. The highest BCUT2D eigenvalue weighted by atomic mass is 14.1. The third-order valence-electron chi connectivity index (χ3n) is 3.07. The topological polar surface area (TPSA) is 0 Å². The fourth-order valence-electron chi connectivity index (χ4n) is 2.23. The Morgan fingerprint density at radius 2 is 1.57 bits per heavy atom. The molecule has 0 nitrogen and oxygen atoms in total. The summed E-state index contributed by atoms with van der Waals surface area (Å²) in [5, 5.41) is 0. The molecule has 2 rings (SSSR count). The van der Waals surface area contributed by atoms with E-state index in [1.165, 1.54) is 55.2 Å². The summed E-state index contributed by atoms with van der Waals surface area (Å²) < 4.78 is 0. The van der Waals surface area contributed by atoms with Gasteiger partial charge in [-0.2, -0.15) is 0 Å². The van der Waals surface area contributed by atoms with Crippen molar-refractivity contribution in [3.8, 4) is 0 Å². The summed E-state index contributed by atoms with van der Waals surface area (Å²) in [7, 11) is 0. The number of fused-ring (bicyclic) bond motifs is 1. The van der Waals surface area contributed by atoms with Crippen molar-refractivity contribution in [1.29, 1.82) is 0 Å². The van der Waals surface area contributed by atoms with Crippen LogP contribution in [-0.2, 0) is 6.42 Å². The zero-order chi connectivity index (χ0) is 9.80. The number of rotatable bonds is 0. The Hall–Kier alpha value is -1.04. The lowest BCUT2D eigenvalue weighted by atomic mass is 9.96. The van der Waals surface area contributed by atoms with Gasteiger partial charge in [0.1, 0.15) is 0 Å². The lowest BCUT2D eigenvalue weighted by Crippen LogP contribution is -1.91. The van der Waals surface area contributed by atoms with Gasteiger partial charge in [-0.15, -0.1) is 0 Å². The maximum atomic E-state index is 4.20. The predicted octanol–water partition coefficient (Wildman–Crippen LogP) is 4.21. The van der Waals surface area contributed by atoms with E-state index < -0.39 is 0 Å². The van der Waals surface area contributed by atoms with E-state index >= 15 is 0 Å². The van der Waals surface area contributed by atoms with E-state index in [9.17, 15) is 0 Å². The molecule has 0 aliphatic heterocycles. The number of allylic oxidation sites excluding steroid dienone is 1.